The number of hydrogen-bond donors (Lipinski definition) is 0. The number of aryl methyl sites for hydroxylation is 1. The van der Waals surface area contributed by atoms with Crippen molar-refractivity contribution in [1.82, 2.24) is 0 Å². The summed E-state index contributed by atoms with van der Waals surface area (Å²) in [7, 11) is -3.73. The Morgan fingerprint density at radius 3 is 2.41 bits per heavy atom. The van der Waals surface area contributed by atoms with Crippen LogP contribution >= 0.6 is 15.9 Å². The summed E-state index contributed by atoms with van der Waals surface area (Å²) in [4.78, 5) is 11.7. The molecule has 22 heavy (non-hydrogen) atoms. The van der Waals surface area contributed by atoms with E-state index in [2.05, 4.69) is 15.9 Å². The molecule has 4 nitrogen and oxygen atoms in total. The number of hydrogen-bond acceptors (Lipinski definition) is 3. The lowest BCUT2D eigenvalue weighted by atomic mass is 10.0. The van der Waals surface area contributed by atoms with Crippen LogP contribution in [-0.4, -0.2) is 19.2 Å². The summed E-state index contributed by atoms with van der Waals surface area (Å²) in [6.45, 7) is 1.90. The molecule has 0 N–H and O–H groups in total. The molecule has 3 rings (SSSR count). The number of sulfonamides is 1. The van der Waals surface area contributed by atoms with Crippen LogP contribution in [0.25, 0.3) is 0 Å². The van der Waals surface area contributed by atoms with E-state index in [1.54, 1.807) is 48.5 Å². The van der Waals surface area contributed by atoms with E-state index in [0.29, 0.717) is 11.3 Å². The smallest absolute Gasteiger partial charge is 0.265 e. The van der Waals surface area contributed by atoms with Crippen LogP contribution in [0.5, 0.6) is 0 Å². The molecule has 2 aromatic carbocycles. The fourth-order valence-corrected chi connectivity index (χ4v) is 5.18. The number of carbonyl (C=O) groups is 1. The van der Waals surface area contributed by atoms with Gasteiger partial charge in [-0.05, 0) is 31.2 Å². The van der Waals surface area contributed by atoms with E-state index < -0.39 is 15.0 Å². The summed E-state index contributed by atoms with van der Waals surface area (Å²) in [5, 5.41) is 0. The molecule has 1 aliphatic heterocycles. The second kappa shape index (κ2) is 5.52. The maximum Gasteiger partial charge on any atom is 0.265 e. The number of ketones is 1. The molecule has 1 aliphatic rings. The Balaban J connectivity index is 2.16. The lowest BCUT2D eigenvalue weighted by molar-refractivity contribution is 0.0979. The monoisotopic (exact) mass is 379 g/mol. The molecule has 0 spiro atoms. The van der Waals surface area contributed by atoms with E-state index in [0.717, 1.165) is 5.56 Å². The first-order valence-electron chi connectivity index (χ1n) is 6.78. The first-order chi connectivity index (χ1) is 10.4. The number of benzene rings is 2. The minimum atomic E-state index is -3.73. The standard InChI is InChI=1S/C16H14BrNO3S/c1-11-6-8-12(9-7-11)22(20,21)18-14-5-3-2-4-13(14)15(19)10-16(18)17/h2-9,16H,10H2,1H3. The van der Waals surface area contributed by atoms with Crippen LogP contribution in [0.15, 0.2) is 53.4 Å². The topological polar surface area (TPSA) is 54.5 Å². The van der Waals surface area contributed by atoms with Gasteiger partial charge in [0.2, 0.25) is 0 Å². The second-order valence-electron chi connectivity index (χ2n) is 5.19. The fourth-order valence-electron chi connectivity index (χ4n) is 2.50. The van der Waals surface area contributed by atoms with Crippen molar-refractivity contribution < 1.29 is 13.2 Å². The molecule has 0 fully saturated rings. The molecule has 1 heterocycles. The predicted molar refractivity (Wildman–Crippen MR) is 88.9 cm³/mol. The van der Waals surface area contributed by atoms with Crippen LogP contribution in [0, 0.1) is 6.92 Å². The molecule has 2 aromatic rings. The van der Waals surface area contributed by atoms with Gasteiger partial charge in [-0.3, -0.25) is 9.10 Å². The molecule has 0 amide bonds. The lowest BCUT2D eigenvalue weighted by Crippen LogP contribution is -2.42. The van der Waals surface area contributed by atoms with E-state index in [1.165, 1.54) is 4.31 Å². The Morgan fingerprint density at radius 1 is 1.09 bits per heavy atom. The summed E-state index contributed by atoms with van der Waals surface area (Å²) in [6.07, 6.45) is 0.113. The van der Waals surface area contributed by atoms with Crippen molar-refractivity contribution in [2.75, 3.05) is 4.31 Å². The highest BCUT2D eigenvalue weighted by molar-refractivity contribution is 9.09. The predicted octanol–water partition coefficient (Wildman–Crippen LogP) is 3.50. The molecule has 0 saturated carbocycles. The van der Waals surface area contributed by atoms with E-state index in [-0.39, 0.29) is 17.1 Å². The Hall–Kier alpha value is -1.66. The number of carbonyl (C=O) groups excluding carboxylic acids is 1. The van der Waals surface area contributed by atoms with Gasteiger partial charge >= 0.3 is 0 Å². The zero-order chi connectivity index (χ0) is 15.9. The van der Waals surface area contributed by atoms with E-state index >= 15 is 0 Å². The fraction of sp³-hybridized carbons (Fsp3) is 0.188. The van der Waals surface area contributed by atoms with Gasteiger partial charge in [0, 0.05) is 12.0 Å². The van der Waals surface area contributed by atoms with Crippen molar-refractivity contribution in [2.24, 2.45) is 0 Å². The SMILES string of the molecule is Cc1ccc(S(=O)(=O)N2c3ccccc3C(=O)CC2Br)cc1. The van der Waals surface area contributed by atoms with E-state index in [4.69, 9.17) is 0 Å². The number of rotatable bonds is 2. The summed E-state index contributed by atoms with van der Waals surface area (Å²) < 4.78 is 27.2. The minimum Gasteiger partial charge on any atom is -0.294 e. The third-order valence-corrected chi connectivity index (χ3v) is 6.47. The molecular weight excluding hydrogens is 366 g/mol. The molecule has 1 unspecified atom stereocenters. The van der Waals surface area contributed by atoms with Crippen LogP contribution in [0.4, 0.5) is 5.69 Å². The van der Waals surface area contributed by atoms with Gasteiger partial charge in [-0.2, -0.15) is 0 Å². The van der Waals surface area contributed by atoms with Crippen LogP contribution in [0.1, 0.15) is 22.3 Å². The number of halogens is 1. The largest absolute Gasteiger partial charge is 0.294 e. The maximum atomic E-state index is 13.0. The van der Waals surface area contributed by atoms with Gasteiger partial charge in [0.1, 0.15) is 4.95 Å². The van der Waals surface area contributed by atoms with Crippen molar-refractivity contribution >= 4 is 37.4 Å². The summed E-state index contributed by atoms with van der Waals surface area (Å²) in [5.41, 5.74) is 1.85. The molecule has 0 bridgehead atoms. The van der Waals surface area contributed by atoms with Gasteiger partial charge in [0.05, 0.1) is 10.6 Å². The van der Waals surface area contributed by atoms with Crippen molar-refractivity contribution in [1.29, 1.82) is 0 Å². The molecule has 0 aliphatic carbocycles. The van der Waals surface area contributed by atoms with Crippen LogP contribution in [0.3, 0.4) is 0 Å². The van der Waals surface area contributed by atoms with Crippen LogP contribution < -0.4 is 4.31 Å². The van der Waals surface area contributed by atoms with Gasteiger partial charge in [0.15, 0.2) is 5.78 Å². The van der Waals surface area contributed by atoms with Gasteiger partial charge in [-0.15, -0.1) is 0 Å². The van der Waals surface area contributed by atoms with Crippen LogP contribution in [0.2, 0.25) is 0 Å². The molecule has 0 aromatic heterocycles. The quantitative estimate of drug-likeness (QED) is 0.592. The van der Waals surface area contributed by atoms with Crippen molar-refractivity contribution in [3.8, 4) is 0 Å². The minimum absolute atomic E-state index is 0.0622. The van der Waals surface area contributed by atoms with Crippen molar-refractivity contribution in [3.63, 3.8) is 0 Å². The highest BCUT2D eigenvalue weighted by atomic mass is 79.9. The molecule has 0 radical (unpaired) electrons. The van der Waals surface area contributed by atoms with Gasteiger partial charge in [0.25, 0.3) is 10.0 Å². The molecule has 0 saturated heterocycles. The molecular formula is C16H14BrNO3S. The highest BCUT2D eigenvalue weighted by Crippen LogP contribution is 2.37. The van der Waals surface area contributed by atoms with Crippen LogP contribution in [-0.2, 0) is 10.0 Å². The average Bonchev–Trinajstić information content (AvgIpc) is 2.47. The first-order valence-corrected chi connectivity index (χ1v) is 9.14. The number of nitrogens with zero attached hydrogens (tertiary/aromatic N) is 1. The number of fused-ring (bicyclic) bond motifs is 1. The van der Waals surface area contributed by atoms with Gasteiger partial charge < -0.3 is 0 Å². The lowest BCUT2D eigenvalue weighted by Gasteiger charge is -2.33. The number of anilines is 1. The summed E-state index contributed by atoms with van der Waals surface area (Å²) in [5.74, 6) is -0.0622. The van der Waals surface area contributed by atoms with Gasteiger partial charge in [-0.25, -0.2) is 8.42 Å². The third-order valence-electron chi connectivity index (χ3n) is 3.63. The molecule has 1 atom stereocenters. The second-order valence-corrected chi connectivity index (χ2v) is 8.06. The van der Waals surface area contributed by atoms with Crippen molar-refractivity contribution in [2.45, 2.75) is 23.2 Å². The normalized spacial score (nSPS) is 18.2. The number of Topliss-reactive ketones (excluding diaryl/α,β-unsaturated/α-hetero) is 1. The Morgan fingerprint density at radius 2 is 1.73 bits per heavy atom. The Kier molecular flexibility index (Phi) is 3.82. The zero-order valence-electron chi connectivity index (χ0n) is 11.9. The van der Waals surface area contributed by atoms with Gasteiger partial charge in [-0.1, -0.05) is 45.8 Å². The van der Waals surface area contributed by atoms with E-state index in [9.17, 15) is 13.2 Å². The highest BCUT2D eigenvalue weighted by Gasteiger charge is 2.37. The van der Waals surface area contributed by atoms with Crippen molar-refractivity contribution in [3.05, 3.63) is 59.7 Å². The zero-order valence-corrected chi connectivity index (χ0v) is 14.3. The maximum absolute atomic E-state index is 13.0. The Bertz CT molecular complexity index is 831. The summed E-state index contributed by atoms with van der Waals surface area (Å²) in [6, 6.07) is 13.5. The number of para-hydroxylation sites is 1. The Labute approximate surface area is 137 Å². The molecule has 6 heteroatoms. The summed E-state index contributed by atoms with van der Waals surface area (Å²) >= 11 is 3.34. The third kappa shape index (κ3) is 2.46. The average molecular weight is 380 g/mol. The number of alkyl halides is 1. The molecule has 114 valence electrons. The van der Waals surface area contributed by atoms with E-state index in [1.807, 2.05) is 6.92 Å². The first kappa shape index (κ1) is 15.2.